The summed E-state index contributed by atoms with van der Waals surface area (Å²) in [6, 6.07) is 7.13. The van der Waals surface area contributed by atoms with Crippen molar-refractivity contribution in [2.45, 2.75) is 6.92 Å². The molecule has 2 heterocycles. The average Bonchev–Trinajstić information content (AvgIpc) is 2.92. The van der Waals surface area contributed by atoms with E-state index >= 15 is 0 Å². The molecule has 2 aromatic heterocycles. The fraction of sp³-hybridized carbons (Fsp3) is 0.0769. The number of fused-ring (bicyclic) bond motifs is 1. The zero-order valence-corrected chi connectivity index (χ0v) is 9.92. The molecule has 3 aromatic rings. The molecule has 1 aromatic carbocycles. The lowest BCUT2D eigenvalue weighted by Crippen LogP contribution is -1.97. The van der Waals surface area contributed by atoms with Crippen molar-refractivity contribution in [2.24, 2.45) is 0 Å². The van der Waals surface area contributed by atoms with Gasteiger partial charge in [-0.2, -0.15) is 9.78 Å². The zero-order chi connectivity index (χ0) is 13.6. The first-order valence-electron chi connectivity index (χ1n) is 5.54. The van der Waals surface area contributed by atoms with Crippen LogP contribution in [0.2, 0.25) is 0 Å². The maximum Gasteiger partial charge on any atom is 0.371 e. The normalized spacial score (nSPS) is 11.1. The number of aromatic carboxylic acids is 1. The Bertz CT molecular complexity index is 771. The number of carbonyl (C=O) groups is 1. The van der Waals surface area contributed by atoms with E-state index in [-0.39, 0.29) is 11.6 Å². The maximum absolute atomic E-state index is 12.9. The van der Waals surface area contributed by atoms with Crippen molar-refractivity contribution in [1.82, 2.24) is 9.78 Å². The Morgan fingerprint density at radius 2 is 2.05 bits per heavy atom. The molecule has 0 bridgehead atoms. The van der Waals surface area contributed by atoms with Crippen LogP contribution >= 0.6 is 0 Å². The summed E-state index contributed by atoms with van der Waals surface area (Å²) in [6.07, 6.45) is 0. The van der Waals surface area contributed by atoms with Gasteiger partial charge >= 0.3 is 5.97 Å². The molecule has 0 fully saturated rings. The molecular formula is C13H9FN2O3. The van der Waals surface area contributed by atoms with Crippen molar-refractivity contribution < 1.29 is 18.7 Å². The summed E-state index contributed by atoms with van der Waals surface area (Å²) >= 11 is 0. The highest BCUT2D eigenvalue weighted by Gasteiger charge is 2.18. The number of nitrogens with zero attached hydrogens (tertiary/aromatic N) is 2. The van der Waals surface area contributed by atoms with Crippen molar-refractivity contribution in [3.63, 3.8) is 0 Å². The molecule has 0 spiro atoms. The van der Waals surface area contributed by atoms with E-state index in [1.165, 1.54) is 22.9 Å². The van der Waals surface area contributed by atoms with E-state index in [2.05, 4.69) is 5.10 Å². The molecule has 5 nitrogen and oxygen atoms in total. The van der Waals surface area contributed by atoms with E-state index in [1.807, 2.05) is 0 Å². The van der Waals surface area contributed by atoms with Gasteiger partial charge < -0.3 is 9.52 Å². The molecule has 0 unspecified atom stereocenters. The largest absolute Gasteiger partial charge is 0.475 e. The summed E-state index contributed by atoms with van der Waals surface area (Å²) in [5.74, 6) is -1.64. The van der Waals surface area contributed by atoms with Gasteiger partial charge in [-0.25, -0.2) is 9.18 Å². The number of rotatable bonds is 2. The Balaban J connectivity index is 2.23. The molecule has 0 aliphatic heterocycles. The Morgan fingerprint density at radius 1 is 1.37 bits per heavy atom. The zero-order valence-electron chi connectivity index (χ0n) is 9.92. The molecule has 3 rings (SSSR count). The summed E-state index contributed by atoms with van der Waals surface area (Å²) in [5.41, 5.74) is 1.59. The van der Waals surface area contributed by atoms with Crippen molar-refractivity contribution in [2.75, 3.05) is 0 Å². The number of furan rings is 1. The molecule has 6 heteroatoms. The third kappa shape index (κ3) is 1.77. The molecule has 0 amide bonds. The first-order chi connectivity index (χ1) is 9.06. The standard InChI is InChI=1S/C13H9FN2O3/c1-7-10-6-11(13(17)18)19-12(10)16(15-7)9-4-2-8(14)3-5-9/h2-6H,1H3,(H,17,18). The Kier molecular flexibility index (Phi) is 2.38. The molecule has 0 saturated carbocycles. The van der Waals surface area contributed by atoms with Crippen LogP contribution in [-0.4, -0.2) is 20.9 Å². The highest BCUT2D eigenvalue weighted by molar-refractivity contribution is 5.91. The lowest BCUT2D eigenvalue weighted by Gasteiger charge is -2.00. The first-order valence-corrected chi connectivity index (χ1v) is 5.54. The van der Waals surface area contributed by atoms with Gasteiger partial charge in [0.05, 0.1) is 16.8 Å². The Hall–Kier alpha value is -2.63. The lowest BCUT2D eigenvalue weighted by atomic mass is 10.3. The molecule has 0 radical (unpaired) electrons. The fourth-order valence-electron chi connectivity index (χ4n) is 1.91. The van der Waals surface area contributed by atoms with Crippen LogP contribution < -0.4 is 0 Å². The van der Waals surface area contributed by atoms with Crippen molar-refractivity contribution >= 4 is 17.1 Å². The Labute approximate surface area is 106 Å². The van der Waals surface area contributed by atoms with Crippen LogP contribution in [-0.2, 0) is 0 Å². The smallest absolute Gasteiger partial charge is 0.371 e. The van der Waals surface area contributed by atoms with Crippen molar-refractivity contribution in [3.05, 3.63) is 47.6 Å². The van der Waals surface area contributed by atoms with E-state index in [9.17, 15) is 9.18 Å². The minimum absolute atomic E-state index is 0.147. The van der Waals surface area contributed by atoms with Crippen molar-refractivity contribution in [3.8, 4) is 5.69 Å². The second kappa shape index (κ2) is 3.94. The molecule has 0 atom stereocenters. The number of halogens is 1. The van der Waals surface area contributed by atoms with Crippen LogP contribution in [0.3, 0.4) is 0 Å². The summed E-state index contributed by atoms with van der Waals surface area (Å²) in [5, 5.41) is 13.8. The van der Waals surface area contributed by atoms with E-state index in [1.54, 1.807) is 19.1 Å². The van der Waals surface area contributed by atoms with E-state index < -0.39 is 5.97 Å². The van der Waals surface area contributed by atoms with Crippen LogP contribution in [0.5, 0.6) is 0 Å². The predicted octanol–water partition coefficient (Wildman–Crippen LogP) is 2.76. The number of hydrogen-bond acceptors (Lipinski definition) is 3. The molecule has 1 N–H and O–H groups in total. The molecule has 0 aliphatic rings. The van der Waals surface area contributed by atoms with Crippen molar-refractivity contribution in [1.29, 1.82) is 0 Å². The van der Waals surface area contributed by atoms with Crippen LogP contribution in [0.25, 0.3) is 16.8 Å². The average molecular weight is 260 g/mol. The SMILES string of the molecule is Cc1nn(-c2ccc(F)cc2)c2oc(C(=O)O)cc12. The van der Waals surface area contributed by atoms with Crippen LogP contribution in [0, 0.1) is 12.7 Å². The molecule has 0 aliphatic carbocycles. The number of carboxylic acid groups (broad SMARTS) is 1. The van der Waals surface area contributed by atoms with E-state index in [0.29, 0.717) is 22.5 Å². The molecule has 96 valence electrons. The van der Waals surface area contributed by atoms with Gasteiger partial charge in [0.2, 0.25) is 11.5 Å². The second-order valence-electron chi connectivity index (χ2n) is 4.11. The first kappa shape index (κ1) is 11.5. The van der Waals surface area contributed by atoms with Gasteiger partial charge in [0, 0.05) is 6.07 Å². The molecular weight excluding hydrogens is 251 g/mol. The lowest BCUT2D eigenvalue weighted by molar-refractivity contribution is 0.0664. The third-order valence-corrected chi connectivity index (χ3v) is 2.83. The minimum atomic E-state index is -1.14. The van der Waals surface area contributed by atoms with Crippen LogP contribution in [0.1, 0.15) is 16.2 Å². The summed E-state index contributed by atoms with van der Waals surface area (Å²) in [7, 11) is 0. The highest BCUT2D eigenvalue weighted by atomic mass is 19.1. The fourth-order valence-corrected chi connectivity index (χ4v) is 1.91. The van der Waals surface area contributed by atoms with Crippen LogP contribution in [0.15, 0.2) is 34.7 Å². The third-order valence-electron chi connectivity index (χ3n) is 2.83. The van der Waals surface area contributed by atoms with Gasteiger partial charge in [0.15, 0.2) is 0 Å². The predicted molar refractivity (Wildman–Crippen MR) is 65.0 cm³/mol. The van der Waals surface area contributed by atoms with E-state index in [4.69, 9.17) is 9.52 Å². The second-order valence-corrected chi connectivity index (χ2v) is 4.11. The highest BCUT2D eigenvalue weighted by Crippen LogP contribution is 2.25. The van der Waals surface area contributed by atoms with Gasteiger partial charge in [-0.3, -0.25) is 0 Å². The Morgan fingerprint density at radius 3 is 2.68 bits per heavy atom. The van der Waals surface area contributed by atoms with Crippen LogP contribution in [0.4, 0.5) is 4.39 Å². The quantitative estimate of drug-likeness (QED) is 0.769. The summed E-state index contributed by atoms with van der Waals surface area (Å²) in [6.45, 7) is 1.75. The number of carboxylic acids is 1. The van der Waals surface area contributed by atoms with Gasteiger partial charge in [-0.15, -0.1) is 0 Å². The monoisotopic (exact) mass is 260 g/mol. The van der Waals surface area contributed by atoms with Gasteiger partial charge in [-0.05, 0) is 31.2 Å². The molecule has 0 saturated heterocycles. The number of benzene rings is 1. The topological polar surface area (TPSA) is 68.3 Å². The van der Waals surface area contributed by atoms with Gasteiger partial charge in [-0.1, -0.05) is 0 Å². The number of aromatic nitrogens is 2. The summed E-state index contributed by atoms with van der Waals surface area (Å²) in [4.78, 5) is 10.9. The molecule has 19 heavy (non-hydrogen) atoms. The van der Waals surface area contributed by atoms with Gasteiger partial charge in [0.25, 0.3) is 0 Å². The number of hydrogen-bond donors (Lipinski definition) is 1. The number of aryl methyl sites for hydroxylation is 1. The van der Waals surface area contributed by atoms with E-state index in [0.717, 1.165) is 0 Å². The van der Waals surface area contributed by atoms with Gasteiger partial charge in [0.1, 0.15) is 5.82 Å². The summed E-state index contributed by atoms with van der Waals surface area (Å²) < 4.78 is 19.6. The maximum atomic E-state index is 12.9. The minimum Gasteiger partial charge on any atom is -0.475 e.